The predicted molar refractivity (Wildman–Crippen MR) is 64.9 cm³/mol. The van der Waals surface area contributed by atoms with E-state index in [0.717, 1.165) is 24.0 Å². The molecule has 1 aliphatic rings. The highest BCUT2D eigenvalue weighted by atomic mass is 16.3. The molecule has 0 aromatic heterocycles. The zero-order valence-electron chi connectivity index (χ0n) is 9.83. The van der Waals surface area contributed by atoms with Crippen molar-refractivity contribution in [2.75, 3.05) is 0 Å². The van der Waals surface area contributed by atoms with Gasteiger partial charge in [-0.05, 0) is 44.7 Å². The van der Waals surface area contributed by atoms with Crippen LogP contribution in [0.3, 0.4) is 0 Å². The second kappa shape index (κ2) is 4.20. The molecule has 16 heavy (non-hydrogen) atoms. The summed E-state index contributed by atoms with van der Waals surface area (Å²) in [5, 5.41) is 19.3. The molecule has 0 fully saturated rings. The number of phenols is 2. The number of aromatic hydroxyl groups is 2. The standard InChI is InChI=1S/C14H18O2/c1-9-4-3-5-11(6-9)14-10(2)7-12(15)8-13(14)16/h6-8,11,15-16H,3-5H2,1-2H3. The Morgan fingerprint density at radius 1 is 1.19 bits per heavy atom. The highest BCUT2D eigenvalue weighted by Crippen LogP contribution is 2.39. The van der Waals surface area contributed by atoms with Crippen molar-refractivity contribution in [2.24, 2.45) is 0 Å². The van der Waals surface area contributed by atoms with E-state index in [4.69, 9.17) is 0 Å². The van der Waals surface area contributed by atoms with Crippen molar-refractivity contribution in [2.45, 2.75) is 39.0 Å². The van der Waals surface area contributed by atoms with E-state index < -0.39 is 0 Å². The van der Waals surface area contributed by atoms with Gasteiger partial charge in [0.2, 0.25) is 0 Å². The van der Waals surface area contributed by atoms with Crippen LogP contribution in [-0.4, -0.2) is 10.2 Å². The van der Waals surface area contributed by atoms with Crippen molar-refractivity contribution >= 4 is 0 Å². The molecule has 0 heterocycles. The SMILES string of the molecule is CC1=CC(c2c(C)cc(O)cc2O)CCC1. The second-order valence-electron chi connectivity index (χ2n) is 4.71. The first-order valence-corrected chi connectivity index (χ1v) is 5.77. The molecule has 2 heteroatoms. The summed E-state index contributed by atoms with van der Waals surface area (Å²) < 4.78 is 0. The van der Waals surface area contributed by atoms with E-state index in [0.29, 0.717) is 5.92 Å². The van der Waals surface area contributed by atoms with Crippen molar-refractivity contribution in [1.29, 1.82) is 0 Å². The van der Waals surface area contributed by atoms with E-state index >= 15 is 0 Å². The summed E-state index contributed by atoms with van der Waals surface area (Å²) in [6.07, 6.45) is 5.65. The second-order valence-corrected chi connectivity index (χ2v) is 4.71. The van der Waals surface area contributed by atoms with Gasteiger partial charge in [-0.2, -0.15) is 0 Å². The molecule has 1 aromatic carbocycles. The molecule has 0 spiro atoms. The Labute approximate surface area is 96.2 Å². The van der Waals surface area contributed by atoms with Crippen LogP contribution in [0.5, 0.6) is 11.5 Å². The van der Waals surface area contributed by atoms with Gasteiger partial charge >= 0.3 is 0 Å². The molecule has 0 saturated carbocycles. The summed E-state index contributed by atoms with van der Waals surface area (Å²) in [7, 11) is 0. The lowest BCUT2D eigenvalue weighted by atomic mass is 9.83. The van der Waals surface area contributed by atoms with Crippen molar-refractivity contribution in [1.82, 2.24) is 0 Å². The highest BCUT2D eigenvalue weighted by molar-refractivity contribution is 5.48. The summed E-state index contributed by atoms with van der Waals surface area (Å²) in [5.74, 6) is 0.651. The smallest absolute Gasteiger partial charge is 0.123 e. The molecule has 1 atom stereocenters. The van der Waals surface area contributed by atoms with Gasteiger partial charge in [0.15, 0.2) is 0 Å². The average Bonchev–Trinajstić information content (AvgIpc) is 2.15. The zero-order valence-corrected chi connectivity index (χ0v) is 9.83. The third kappa shape index (κ3) is 2.06. The van der Waals surface area contributed by atoms with Gasteiger partial charge in [0.05, 0.1) is 0 Å². The maximum Gasteiger partial charge on any atom is 0.123 e. The number of hydrogen-bond acceptors (Lipinski definition) is 2. The van der Waals surface area contributed by atoms with Gasteiger partial charge in [0.25, 0.3) is 0 Å². The maximum absolute atomic E-state index is 9.92. The lowest BCUT2D eigenvalue weighted by molar-refractivity contribution is 0.440. The summed E-state index contributed by atoms with van der Waals surface area (Å²) in [4.78, 5) is 0. The van der Waals surface area contributed by atoms with E-state index in [1.165, 1.54) is 18.1 Å². The molecule has 1 aliphatic carbocycles. The van der Waals surface area contributed by atoms with Crippen LogP contribution < -0.4 is 0 Å². The number of phenolic OH excluding ortho intramolecular Hbond substituents is 2. The van der Waals surface area contributed by atoms with Gasteiger partial charge in [0.1, 0.15) is 11.5 Å². The average molecular weight is 218 g/mol. The van der Waals surface area contributed by atoms with Crippen LogP contribution in [0.25, 0.3) is 0 Å². The molecule has 1 unspecified atom stereocenters. The lowest BCUT2D eigenvalue weighted by Crippen LogP contribution is -2.04. The Kier molecular flexibility index (Phi) is 2.90. The molecular weight excluding hydrogens is 200 g/mol. The number of hydrogen-bond donors (Lipinski definition) is 2. The van der Waals surface area contributed by atoms with Crippen LogP contribution in [0.15, 0.2) is 23.8 Å². The van der Waals surface area contributed by atoms with Crippen LogP contribution in [0.2, 0.25) is 0 Å². The van der Waals surface area contributed by atoms with Gasteiger partial charge in [-0.3, -0.25) is 0 Å². The van der Waals surface area contributed by atoms with Crippen molar-refractivity contribution in [3.63, 3.8) is 0 Å². The van der Waals surface area contributed by atoms with Crippen LogP contribution in [0, 0.1) is 6.92 Å². The monoisotopic (exact) mass is 218 g/mol. The third-order valence-corrected chi connectivity index (χ3v) is 3.29. The molecule has 0 bridgehead atoms. The molecule has 0 aliphatic heterocycles. The minimum absolute atomic E-state index is 0.135. The third-order valence-electron chi connectivity index (χ3n) is 3.29. The molecule has 1 aromatic rings. The lowest BCUT2D eigenvalue weighted by Gasteiger charge is -2.22. The summed E-state index contributed by atoms with van der Waals surface area (Å²) in [5.41, 5.74) is 3.33. The maximum atomic E-state index is 9.92. The molecule has 2 N–H and O–H groups in total. The summed E-state index contributed by atoms with van der Waals surface area (Å²) >= 11 is 0. The summed E-state index contributed by atoms with van der Waals surface area (Å²) in [6, 6.07) is 3.15. The fourth-order valence-electron chi connectivity index (χ4n) is 2.58. The Morgan fingerprint density at radius 3 is 2.56 bits per heavy atom. The van der Waals surface area contributed by atoms with E-state index in [1.807, 2.05) is 6.92 Å². The van der Waals surface area contributed by atoms with Crippen molar-refractivity contribution in [3.05, 3.63) is 34.9 Å². The Hall–Kier alpha value is -1.44. The number of allylic oxidation sites excluding steroid dienone is 2. The Bertz CT molecular complexity index is 409. The normalized spacial score (nSPS) is 20.6. The van der Waals surface area contributed by atoms with Crippen molar-refractivity contribution in [3.8, 4) is 11.5 Å². The predicted octanol–water partition coefficient (Wildman–Crippen LogP) is 3.62. The number of benzene rings is 1. The minimum Gasteiger partial charge on any atom is -0.508 e. The topological polar surface area (TPSA) is 40.5 Å². The molecule has 0 radical (unpaired) electrons. The Morgan fingerprint density at radius 2 is 1.94 bits per heavy atom. The van der Waals surface area contributed by atoms with Gasteiger partial charge in [-0.1, -0.05) is 11.6 Å². The van der Waals surface area contributed by atoms with E-state index in [-0.39, 0.29) is 11.5 Å². The number of aryl methyl sites for hydroxylation is 1. The molecule has 2 nitrogen and oxygen atoms in total. The van der Waals surface area contributed by atoms with Crippen LogP contribution in [-0.2, 0) is 0 Å². The van der Waals surface area contributed by atoms with Crippen LogP contribution in [0.4, 0.5) is 0 Å². The quantitative estimate of drug-likeness (QED) is 0.707. The van der Waals surface area contributed by atoms with E-state index in [1.54, 1.807) is 6.07 Å². The van der Waals surface area contributed by atoms with Crippen LogP contribution in [0.1, 0.15) is 43.2 Å². The molecule has 2 rings (SSSR count). The first kappa shape index (κ1) is 11.1. The van der Waals surface area contributed by atoms with Gasteiger partial charge in [0, 0.05) is 17.5 Å². The fourth-order valence-corrected chi connectivity index (χ4v) is 2.58. The first-order chi connectivity index (χ1) is 7.58. The first-order valence-electron chi connectivity index (χ1n) is 5.77. The Balaban J connectivity index is 2.44. The van der Waals surface area contributed by atoms with Gasteiger partial charge < -0.3 is 10.2 Å². The largest absolute Gasteiger partial charge is 0.508 e. The highest BCUT2D eigenvalue weighted by Gasteiger charge is 2.19. The van der Waals surface area contributed by atoms with E-state index in [9.17, 15) is 10.2 Å². The zero-order chi connectivity index (χ0) is 11.7. The number of rotatable bonds is 1. The van der Waals surface area contributed by atoms with Crippen molar-refractivity contribution < 1.29 is 10.2 Å². The molecule has 0 saturated heterocycles. The molecule has 0 amide bonds. The minimum atomic E-state index is 0.135. The molecular formula is C14H18O2. The fraction of sp³-hybridized carbons (Fsp3) is 0.429. The van der Waals surface area contributed by atoms with E-state index in [2.05, 4.69) is 13.0 Å². The van der Waals surface area contributed by atoms with Gasteiger partial charge in [-0.15, -0.1) is 0 Å². The van der Waals surface area contributed by atoms with Crippen LogP contribution >= 0.6 is 0 Å². The van der Waals surface area contributed by atoms with Gasteiger partial charge in [-0.25, -0.2) is 0 Å². The molecule has 86 valence electrons. The summed E-state index contributed by atoms with van der Waals surface area (Å²) in [6.45, 7) is 4.07.